The molecule has 0 radical (unpaired) electrons. The summed E-state index contributed by atoms with van der Waals surface area (Å²) in [5, 5.41) is 1.75. The van der Waals surface area contributed by atoms with Gasteiger partial charge in [-0.3, -0.25) is 19.0 Å². The number of aromatic nitrogens is 2. The third-order valence-corrected chi connectivity index (χ3v) is 11.0. The largest absolute Gasteiger partial charge is 0.478 e. The predicted octanol–water partition coefficient (Wildman–Crippen LogP) is 7.77. The summed E-state index contributed by atoms with van der Waals surface area (Å²) in [7, 11) is 0. The molecule has 2 aliphatic rings. The van der Waals surface area contributed by atoms with Crippen LogP contribution < -0.4 is 20.7 Å². The van der Waals surface area contributed by atoms with Crippen molar-refractivity contribution in [1.82, 2.24) is 18.9 Å². The number of hydrogen-bond acceptors (Lipinski definition) is 6. The summed E-state index contributed by atoms with van der Waals surface area (Å²) < 4.78 is 14.9. The molecule has 284 valence electrons. The fraction of sp³-hybridized carbons (Fsp3) is 0.268. The molecule has 2 aliphatic heterocycles. The average molecular weight is 823 g/mol. The number of carbonyl (C=O) groups is 2. The molecular formula is C41H36Cl4N4O6. The van der Waals surface area contributed by atoms with Crippen LogP contribution in [0, 0.1) is 6.92 Å². The number of hydrogen-bond donors (Lipinski definition) is 0. The van der Waals surface area contributed by atoms with Gasteiger partial charge in [-0.15, -0.1) is 0 Å². The minimum atomic E-state index is -0.811. The zero-order valence-corrected chi connectivity index (χ0v) is 32.6. The smallest absolute Gasteiger partial charge is 0.330 e. The minimum absolute atomic E-state index is 0.0780. The van der Waals surface area contributed by atoms with Gasteiger partial charge < -0.3 is 23.8 Å². The van der Waals surface area contributed by atoms with Gasteiger partial charge in [0, 0.05) is 58.0 Å². The molecule has 5 aromatic rings. The first-order chi connectivity index (χ1) is 26.5. The van der Waals surface area contributed by atoms with Gasteiger partial charge in [-0.25, -0.2) is 4.79 Å². The normalized spacial score (nSPS) is 19.2. The zero-order valence-electron chi connectivity index (χ0n) is 29.6. The number of likely N-dealkylation sites (tertiary alicyclic amines) is 2. The maximum Gasteiger partial charge on any atom is 0.330 e. The maximum atomic E-state index is 13.7. The van der Waals surface area contributed by atoms with E-state index in [2.05, 4.69) is 0 Å². The monoisotopic (exact) mass is 820 g/mol. The number of benzene rings is 4. The molecule has 0 saturated carbocycles. The lowest BCUT2D eigenvalue weighted by atomic mass is 9.90. The maximum absolute atomic E-state index is 13.7. The molecule has 14 heteroatoms. The van der Waals surface area contributed by atoms with Crippen molar-refractivity contribution in [1.29, 1.82) is 0 Å². The van der Waals surface area contributed by atoms with E-state index in [1.54, 1.807) is 77.4 Å². The first-order valence-corrected chi connectivity index (χ1v) is 19.3. The SMILES string of the molecule is Cc1cn(CCCN2C(=O)[C@H](Oc3ccccc3)[C@@H]2c2ccc(Cl)cc2Cl)c(=O)n(CCCN2C(=O)[C@@H](Oc3ccccc3)[C@H]2c2ccc(Cl)cc2Cl)c1=O. The Balaban J connectivity index is 1.03. The van der Waals surface area contributed by atoms with Gasteiger partial charge in [-0.05, 0) is 79.4 Å². The van der Waals surface area contributed by atoms with Gasteiger partial charge in [0.15, 0.2) is 0 Å². The molecule has 0 unspecified atom stereocenters. The Hall–Kier alpha value is -4.74. The van der Waals surface area contributed by atoms with Gasteiger partial charge in [0.05, 0.1) is 0 Å². The van der Waals surface area contributed by atoms with Crippen molar-refractivity contribution in [2.45, 2.75) is 57.1 Å². The number of aryl methyl sites for hydroxylation is 2. The highest BCUT2D eigenvalue weighted by molar-refractivity contribution is 6.35. The second kappa shape index (κ2) is 16.5. The number of halogens is 4. The lowest BCUT2D eigenvalue weighted by molar-refractivity contribution is -0.164. The molecule has 2 amide bonds. The van der Waals surface area contributed by atoms with Crippen molar-refractivity contribution >= 4 is 58.2 Å². The quantitative estimate of drug-likeness (QED) is 0.106. The van der Waals surface area contributed by atoms with Crippen LogP contribution >= 0.6 is 46.4 Å². The second-order valence-electron chi connectivity index (χ2n) is 13.4. The topological polar surface area (TPSA) is 103 Å². The number of rotatable bonds is 14. The molecule has 0 N–H and O–H groups in total. The van der Waals surface area contributed by atoms with E-state index in [4.69, 9.17) is 55.9 Å². The van der Waals surface area contributed by atoms with Crippen molar-refractivity contribution in [3.63, 3.8) is 0 Å². The third kappa shape index (κ3) is 8.00. The summed E-state index contributed by atoms with van der Waals surface area (Å²) >= 11 is 25.5. The first kappa shape index (κ1) is 38.5. The first-order valence-electron chi connectivity index (χ1n) is 17.8. The highest BCUT2D eigenvalue weighted by Gasteiger charge is 2.51. The van der Waals surface area contributed by atoms with Crippen LogP contribution in [0.4, 0.5) is 0 Å². The predicted molar refractivity (Wildman–Crippen MR) is 212 cm³/mol. The number of β-lactam (4-membered cyclic amide) rings is 2. The van der Waals surface area contributed by atoms with E-state index in [0.717, 1.165) is 0 Å². The molecular weight excluding hydrogens is 786 g/mol. The molecule has 0 spiro atoms. The van der Waals surface area contributed by atoms with Gasteiger partial charge in [-0.2, -0.15) is 0 Å². The van der Waals surface area contributed by atoms with Crippen LogP contribution in [-0.4, -0.2) is 56.0 Å². The second-order valence-corrected chi connectivity index (χ2v) is 15.1. The Morgan fingerprint density at radius 3 is 1.49 bits per heavy atom. The number of amides is 2. The Kier molecular flexibility index (Phi) is 11.6. The Labute approximate surface area is 337 Å². The van der Waals surface area contributed by atoms with Crippen molar-refractivity contribution in [2.24, 2.45) is 0 Å². The zero-order chi connectivity index (χ0) is 38.8. The molecule has 55 heavy (non-hydrogen) atoms. The van der Waals surface area contributed by atoms with Crippen LogP contribution in [0.1, 0.15) is 41.6 Å². The average Bonchev–Trinajstić information content (AvgIpc) is 3.17. The fourth-order valence-corrected chi connectivity index (χ4v) is 8.21. The Morgan fingerprint density at radius 1 is 0.582 bits per heavy atom. The molecule has 2 saturated heterocycles. The number of nitrogens with zero attached hydrogens (tertiary/aromatic N) is 4. The molecule has 3 heterocycles. The van der Waals surface area contributed by atoms with Gasteiger partial charge >= 0.3 is 5.69 Å². The van der Waals surface area contributed by atoms with E-state index >= 15 is 0 Å². The Morgan fingerprint density at radius 2 is 1.04 bits per heavy atom. The van der Waals surface area contributed by atoms with Crippen molar-refractivity contribution in [3.8, 4) is 11.5 Å². The van der Waals surface area contributed by atoms with Crippen LogP contribution in [-0.2, 0) is 22.7 Å². The van der Waals surface area contributed by atoms with E-state index in [9.17, 15) is 19.2 Å². The highest BCUT2D eigenvalue weighted by Crippen LogP contribution is 2.43. The van der Waals surface area contributed by atoms with E-state index in [1.807, 2.05) is 36.4 Å². The van der Waals surface area contributed by atoms with E-state index in [-0.39, 0.29) is 31.4 Å². The van der Waals surface area contributed by atoms with Gasteiger partial charge in [-0.1, -0.05) is 94.9 Å². The van der Waals surface area contributed by atoms with Gasteiger partial charge in [0.2, 0.25) is 12.2 Å². The summed E-state index contributed by atoms with van der Waals surface area (Å²) in [6.45, 7) is 2.53. The summed E-state index contributed by atoms with van der Waals surface area (Å²) in [4.78, 5) is 57.1. The summed E-state index contributed by atoms with van der Waals surface area (Å²) in [6.07, 6.45) is 0.670. The molecule has 2 fully saturated rings. The summed E-state index contributed by atoms with van der Waals surface area (Å²) in [5.41, 5.74) is 0.887. The molecule has 0 bridgehead atoms. The standard InChI is InChI=1S/C41H36Cl4N4O6/c1-25-24-46(18-8-19-47-34(30-16-14-26(42)22-32(30)44)36(39(47)51)54-28-10-4-2-5-11-28)41(53)49(38(25)50)21-9-20-48-35(31-17-15-27(43)23-33(31)45)37(40(48)52)55-29-12-6-3-7-13-29/h2-7,10-17,22-24,34-37H,8-9,18-21H2,1H3/t34-,35+,36+,37-/m0/s1. The molecule has 10 nitrogen and oxygen atoms in total. The molecule has 7 rings (SSSR count). The minimum Gasteiger partial charge on any atom is -0.478 e. The van der Waals surface area contributed by atoms with Crippen LogP contribution in [0.25, 0.3) is 0 Å². The van der Waals surface area contributed by atoms with Crippen LogP contribution in [0.15, 0.2) is 113 Å². The van der Waals surface area contributed by atoms with Crippen LogP contribution in [0.3, 0.4) is 0 Å². The van der Waals surface area contributed by atoms with Crippen molar-refractivity contribution in [3.05, 3.63) is 161 Å². The lowest BCUT2D eigenvalue weighted by Crippen LogP contribution is -2.61. The van der Waals surface area contributed by atoms with Crippen LogP contribution in [0.5, 0.6) is 11.5 Å². The summed E-state index contributed by atoms with van der Waals surface area (Å²) in [5.74, 6) is 0.668. The summed E-state index contributed by atoms with van der Waals surface area (Å²) in [6, 6.07) is 27.4. The fourth-order valence-electron chi connectivity index (χ4n) is 7.16. The Bertz CT molecular complexity index is 2340. The van der Waals surface area contributed by atoms with E-state index in [0.29, 0.717) is 67.7 Å². The van der Waals surface area contributed by atoms with E-state index in [1.165, 1.54) is 15.3 Å². The van der Waals surface area contributed by atoms with E-state index < -0.39 is 35.5 Å². The number of para-hydroxylation sites is 2. The number of carbonyl (C=O) groups excluding carboxylic acids is 2. The van der Waals surface area contributed by atoms with Crippen molar-refractivity contribution < 1.29 is 19.1 Å². The third-order valence-electron chi connectivity index (χ3n) is 9.86. The number of ether oxygens (including phenoxy) is 2. The molecule has 1 aromatic heterocycles. The molecule has 4 atom stereocenters. The van der Waals surface area contributed by atoms with Gasteiger partial charge in [0.1, 0.15) is 23.6 Å². The molecule has 4 aromatic carbocycles. The lowest BCUT2D eigenvalue weighted by Gasteiger charge is -2.47. The molecule has 0 aliphatic carbocycles. The van der Waals surface area contributed by atoms with Crippen LogP contribution in [0.2, 0.25) is 20.1 Å². The highest BCUT2D eigenvalue weighted by atomic mass is 35.5. The van der Waals surface area contributed by atoms with Crippen molar-refractivity contribution in [2.75, 3.05) is 13.1 Å². The van der Waals surface area contributed by atoms with Gasteiger partial charge in [0.25, 0.3) is 17.4 Å².